The first kappa shape index (κ1) is 56.5. The summed E-state index contributed by atoms with van der Waals surface area (Å²) in [5, 5.41) is 18.3. The van der Waals surface area contributed by atoms with Crippen LogP contribution in [0.1, 0.15) is 112 Å². The number of nitrogens with zero attached hydrogens (tertiary/aromatic N) is 6. The Kier molecular flexibility index (Phi) is 16.4. The first-order valence-corrected chi connectivity index (χ1v) is 27.5. The highest BCUT2D eigenvalue weighted by Crippen LogP contribution is 2.38. The van der Waals surface area contributed by atoms with Crippen molar-refractivity contribution in [2.45, 2.75) is 117 Å². The molecule has 0 radical (unpaired) electrons. The van der Waals surface area contributed by atoms with E-state index in [-0.39, 0.29) is 48.5 Å². The summed E-state index contributed by atoms with van der Waals surface area (Å²) in [6.45, 7) is 15.2. The van der Waals surface area contributed by atoms with Gasteiger partial charge in [0, 0.05) is 48.7 Å². The minimum absolute atomic E-state index is 0.155. The van der Waals surface area contributed by atoms with Crippen molar-refractivity contribution in [2.24, 2.45) is 10.8 Å². The fourth-order valence-electron chi connectivity index (χ4n) is 10.7. The Balaban J connectivity index is 0.942. The average Bonchev–Trinajstić information content (AvgIpc) is 4.32. The van der Waals surface area contributed by atoms with Gasteiger partial charge in [0.25, 0.3) is 11.8 Å². The Hall–Kier alpha value is -8.22. The predicted octanol–water partition coefficient (Wildman–Crippen LogP) is 6.74. The number of hydrogen-bond acceptors (Lipinski definition) is 10. The highest BCUT2D eigenvalue weighted by molar-refractivity contribution is 5.98. The third-order valence-corrected chi connectivity index (χ3v) is 15.5. The highest BCUT2D eigenvalue weighted by Gasteiger charge is 2.46. The second-order valence-electron chi connectivity index (χ2n) is 23.4. The van der Waals surface area contributed by atoms with Gasteiger partial charge in [0.2, 0.25) is 23.6 Å². The molecule has 8 atom stereocenters. The Morgan fingerprint density at radius 3 is 1.20 bits per heavy atom. The average molecular weight is 1080 g/mol. The number of nitrogens with one attached hydrogen (secondary N) is 6. The number of likely N-dealkylation sites (N-methyl/N-ethyl adjacent to an activating group) is 2. The van der Waals surface area contributed by atoms with Gasteiger partial charge in [-0.3, -0.25) is 37.6 Å². The Labute approximate surface area is 467 Å². The van der Waals surface area contributed by atoms with E-state index in [1.807, 2.05) is 160 Å². The molecule has 0 spiro atoms. The number of rotatable bonds is 16. The first-order chi connectivity index (χ1) is 38.1. The largest absolute Gasteiger partial charge is 0.347 e. The maximum absolute atomic E-state index is 14.9. The van der Waals surface area contributed by atoms with Crippen molar-refractivity contribution in [1.29, 1.82) is 0 Å². The van der Waals surface area contributed by atoms with Crippen molar-refractivity contribution in [3.05, 3.63) is 156 Å². The number of benzene rings is 3. The van der Waals surface area contributed by atoms with Gasteiger partial charge in [0.1, 0.15) is 23.4 Å². The quantitative estimate of drug-likeness (QED) is 0.0600. The summed E-state index contributed by atoms with van der Waals surface area (Å²) >= 11 is 0. The molecule has 6 amide bonds. The fourth-order valence-corrected chi connectivity index (χ4v) is 10.7. The monoisotopic (exact) mass is 1080 g/mol. The molecule has 18 nitrogen and oxygen atoms in total. The molecule has 6 heterocycles. The van der Waals surface area contributed by atoms with Crippen molar-refractivity contribution in [2.75, 3.05) is 27.2 Å². The van der Waals surface area contributed by atoms with E-state index in [2.05, 4.69) is 31.9 Å². The maximum atomic E-state index is 14.9. The van der Waals surface area contributed by atoms with E-state index in [1.54, 1.807) is 62.0 Å². The van der Waals surface area contributed by atoms with Crippen molar-refractivity contribution < 1.29 is 28.8 Å². The van der Waals surface area contributed by atoms with E-state index < -0.39 is 59.2 Å². The Morgan fingerprint density at radius 1 is 0.500 bits per heavy atom. The van der Waals surface area contributed by atoms with Crippen LogP contribution in [-0.2, 0) is 19.2 Å². The molecule has 2 fully saturated rings. The standard InChI is InChI=1S/C62H74N12O6/c1-37(63-9)55(75)69-53(61(3,4)5)59(79)73-33-43(31-49(73)45-35-71-47(23-17-25-51(71)67-45)39-19-13-11-14-20-39)65-57(77)41-27-29-42(30-28-41)58(78)66-44-32-50(74(34-44)60(80)54(62(6,7)8)70-56(76)38(2)64-10)46-36-72-48(24-18-26-52(72)68-46)40-21-15-12-16-22-40/h11-30,35-38,43-44,49-50,53-54,63-64H,31-34H2,1-10H3,(H,65,77)(H,66,78)(H,69,75)(H,70,76)/t37-,38-,43-,44-,49-,50-,53+,54+/m0/s1. The molecule has 3 aromatic carbocycles. The third kappa shape index (κ3) is 12.0. The van der Waals surface area contributed by atoms with E-state index in [9.17, 15) is 28.8 Å². The molecule has 6 N–H and O–H groups in total. The van der Waals surface area contributed by atoms with Gasteiger partial charge in [-0.1, -0.05) is 114 Å². The molecule has 7 aromatic rings. The number of fused-ring (bicyclic) bond motifs is 2. The van der Waals surface area contributed by atoms with Crippen LogP contribution in [0.15, 0.2) is 134 Å². The lowest BCUT2D eigenvalue weighted by Gasteiger charge is -2.36. The topological polar surface area (TPSA) is 216 Å². The number of carbonyl (C=O) groups is 6. The molecule has 0 saturated carbocycles. The molecular formula is C62H74N12O6. The lowest BCUT2D eigenvalue weighted by atomic mass is 9.85. The van der Waals surface area contributed by atoms with Crippen LogP contribution in [0.25, 0.3) is 33.8 Å². The minimum atomic E-state index is -0.892. The summed E-state index contributed by atoms with van der Waals surface area (Å²) in [5.41, 5.74) is 5.83. The normalized spacial score (nSPS) is 19.1. The van der Waals surface area contributed by atoms with Crippen molar-refractivity contribution >= 4 is 46.7 Å². The van der Waals surface area contributed by atoms with Gasteiger partial charge in [-0.2, -0.15) is 0 Å². The van der Waals surface area contributed by atoms with Crippen molar-refractivity contribution in [3.8, 4) is 22.5 Å². The lowest BCUT2D eigenvalue weighted by molar-refractivity contribution is -0.141. The molecular weight excluding hydrogens is 1010 g/mol. The van der Waals surface area contributed by atoms with E-state index in [1.165, 1.54) is 0 Å². The molecule has 0 bridgehead atoms. The van der Waals surface area contributed by atoms with Gasteiger partial charge in [-0.15, -0.1) is 0 Å². The number of amides is 6. The Bertz CT molecular complexity index is 3180. The molecule has 418 valence electrons. The molecule has 80 heavy (non-hydrogen) atoms. The van der Waals surface area contributed by atoms with Gasteiger partial charge in [-0.05, 0) is 111 Å². The number of imidazole rings is 2. The number of likely N-dealkylation sites (tertiary alicyclic amines) is 2. The molecule has 2 aliphatic rings. The van der Waals surface area contributed by atoms with Gasteiger partial charge >= 0.3 is 0 Å². The minimum Gasteiger partial charge on any atom is -0.347 e. The van der Waals surface area contributed by atoms with Crippen LogP contribution in [0.5, 0.6) is 0 Å². The van der Waals surface area contributed by atoms with Crippen molar-refractivity contribution in [1.82, 2.24) is 60.5 Å². The Morgan fingerprint density at radius 2 is 0.863 bits per heavy atom. The van der Waals surface area contributed by atoms with Gasteiger partial charge < -0.3 is 41.7 Å². The summed E-state index contributed by atoms with van der Waals surface area (Å²) in [7, 11) is 3.38. The fraction of sp³-hybridized carbons (Fsp3) is 0.387. The van der Waals surface area contributed by atoms with Crippen molar-refractivity contribution in [3.63, 3.8) is 0 Å². The van der Waals surface area contributed by atoms with Gasteiger partial charge in [-0.25, -0.2) is 9.97 Å². The van der Waals surface area contributed by atoms with Crippen LogP contribution < -0.4 is 31.9 Å². The number of pyridine rings is 2. The molecule has 18 heteroatoms. The third-order valence-electron chi connectivity index (χ3n) is 15.5. The summed E-state index contributed by atoms with van der Waals surface area (Å²) in [5.74, 6) is -1.97. The molecule has 0 aliphatic carbocycles. The molecule has 2 aliphatic heterocycles. The number of hydrogen-bond donors (Lipinski definition) is 6. The second kappa shape index (κ2) is 23.2. The molecule has 0 unspecified atom stereocenters. The smallest absolute Gasteiger partial charge is 0.251 e. The second-order valence-corrected chi connectivity index (χ2v) is 23.4. The zero-order valence-electron chi connectivity index (χ0n) is 47.3. The van der Waals surface area contributed by atoms with Crippen LogP contribution in [-0.4, -0.2) is 127 Å². The number of carbonyl (C=O) groups excluding carboxylic acids is 6. The van der Waals surface area contributed by atoms with Crippen LogP contribution >= 0.6 is 0 Å². The predicted molar refractivity (Wildman–Crippen MR) is 308 cm³/mol. The molecule has 4 aromatic heterocycles. The summed E-state index contributed by atoms with van der Waals surface area (Å²) in [6, 6.07) is 33.1. The van der Waals surface area contributed by atoms with E-state index in [0.717, 1.165) is 22.5 Å². The molecule has 2 saturated heterocycles. The van der Waals surface area contributed by atoms with E-state index in [0.29, 0.717) is 46.7 Å². The van der Waals surface area contributed by atoms with Gasteiger partial charge in [0.05, 0.1) is 46.9 Å². The van der Waals surface area contributed by atoms with E-state index in [4.69, 9.17) is 9.97 Å². The van der Waals surface area contributed by atoms with Crippen LogP contribution in [0.2, 0.25) is 0 Å². The van der Waals surface area contributed by atoms with Crippen LogP contribution in [0, 0.1) is 10.8 Å². The van der Waals surface area contributed by atoms with Gasteiger partial charge in [0.15, 0.2) is 0 Å². The van der Waals surface area contributed by atoms with Crippen LogP contribution in [0.4, 0.5) is 0 Å². The maximum Gasteiger partial charge on any atom is 0.251 e. The van der Waals surface area contributed by atoms with E-state index >= 15 is 0 Å². The first-order valence-electron chi connectivity index (χ1n) is 27.5. The zero-order chi connectivity index (χ0) is 57.2. The summed E-state index contributed by atoms with van der Waals surface area (Å²) in [6.07, 6.45) is 4.59. The molecule has 9 rings (SSSR count). The zero-order valence-corrected chi connectivity index (χ0v) is 47.3. The SMILES string of the molecule is CN[C@@H](C)C(=O)N[C@H](C(=O)N1C[C@@H](NC(=O)c2ccc(C(=O)N[C@H]3C[C@@H](c4cn5c(-c6ccccc6)cccc5n4)N(C(=O)[C@@H](NC(=O)[C@H](C)NC)C(C)(C)C)C3)cc2)C[C@H]1c1cn2c(-c3ccccc3)cccc2n1)C(C)(C)C. The summed E-state index contributed by atoms with van der Waals surface area (Å²) in [4.78, 5) is 98.3. The highest BCUT2D eigenvalue weighted by atomic mass is 16.2. The lowest BCUT2D eigenvalue weighted by Crippen LogP contribution is -2.57. The van der Waals surface area contributed by atoms with Crippen LogP contribution in [0.3, 0.4) is 0 Å². The number of aromatic nitrogens is 4. The summed E-state index contributed by atoms with van der Waals surface area (Å²) < 4.78 is 4.02.